The maximum absolute atomic E-state index is 7.30. The van der Waals surface area contributed by atoms with Gasteiger partial charge in [-0.05, 0) is 12.5 Å². The first kappa shape index (κ1) is 14.7. The van der Waals surface area contributed by atoms with Gasteiger partial charge < -0.3 is 10.5 Å². The first-order valence-electron chi connectivity index (χ1n) is 6.21. The largest absolute Gasteiger partial charge is 0.388 e. The van der Waals surface area contributed by atoms with Crippen LogP contribution >= 0.6 is 0 Å². The summed E-state index contributed by atoms with van der Waals surface area (Å²) in [6, 6.07) is 8.48. The molecule has 0 aliphatic heterocycles. The van der Waals surface area contributed by atoms with Gasteiger partial charge >= 0.3 is 0 Å². The molecule has 18 heavy (non-hydrogen) atoms. The number of methoxy groups -OCH3 is 1. The molecule has 0 amide bonds. The van der Waals surface area contributed by atoms with Gasteiger partial charge in [-0.2, -0.15) is 0 Å². The lowest BCUT2D eigenvalue weighted by molar-refractivity contribution is 0.145. The molecular formula is C14H23N3O. The van der Waals surface area contributed by atoms with Crippen LogP contribution in [-0.4, -0.2) is 37.5 Å². The van der Waals surface area contributed by atoms with E-state index in [1.807, 2.05) is 0 Å². The van der Waals surface area contributed by atoms with Gasteiger partial charge in [0.15, 0.2) is 0 Å². The molecule has 0 aromatic heterocycles. The average molecular weight is 249 g/mol. The van der Waals surface area contributed by atoms with Gasteiger partial charge in [0.1, 0.15) is 0 Å². The Kier molecular flexibility index (Phi) is 6.39. The van der Waals surface area contributed by atoms with Crippen molar-refractivity contribution in [3.8, 4) is 0 Å². The second kappa shape index (κ2) is 7.84. The van der Waals surface area contributed by atoms with E-state index in [1.165, 1.54) is 11.1 Å². The minimum absolute atomic E-state index is 0.238. The molecule has 4 nitrogen and oxygen atoms in total. The van der Waals surface area contributed by atoms with E-state index in [1.54, 1.807) is 7.11 Å². The molecule has 0 atom stereocenters. The average Bonchev–Trinajstić information content (AvgIpc) is 2.32. The number of hydrogen-bond acceptors (Lipinski definition) is 3. The van der Waals surface area contributed by atoms with Gasteiger partial charge in [-0.1, -0.05) is 29.8 Å². The van der Waals surface area contributed by atoms with Crippen LogP contribution < -0.4 is 5.73 Å². The van der Waals surface area contributed by atoms with E-state index in [4.69, 9.17) is 15.9 Å². The van der Waals surface area contributed by atoms with Crippen LogP contribution in [0, 0.1) is 12.3 Å². The highest BCUT2D eigenvalue weighted by Crippen LogP contribution is 2.08. The van der Waals surface area contributed by atoms with Crippen molar-refractivity contribution in [1.82, 2.24) is 4.90 Å². The van der Waals surface area contributed by atoms with Gasteiger partial charge in [0.25, 0.3) is 0 Å². The van der Waals surface area contributed by atoms with Crippen LogP contribution in [-0.2, 0) is 11.3 Å². The number of nitrogens with one attached hydrogen (secondary N) is 1. The first-order valence-corrected chi connectivity index (χ1v) is 6.21. The molecule has 0 radical (unpaired) electrons. The molecule has 0 fully saturated rings. The maximum Gasteiger partial charge on any atom is 0.0918 e. The number of aryl methyl sites for hydroxylation is 1. The fourth-order valence-electron chi connectivity index (χ4n) is 1.84. The van der Waals surface area contributed by atoms with Gasteiger partial charge in [0.2, 0.25) is 0 Å². The number of hydrogen-bond donors (Lipinski definition) is 2. The fourth-order valence-corrected chi connectivity index (χ4v) is 1.84. The maximum atomic E-state index is 7.30. The molecule has 0 aliphatic rings. The van der Waals surface area contributed by atoms with E-state index >= 15 is 0 Å². The van der Waals surface area contributed by atoms with Crippen molar-refractivity contribution in [2.24, 2.45) is 5.73 Å². The summed E-state index contributed by atoms with van der Waals surface area (Å²) in [6.45, 7) is 5.32. The topological polar surface area (TPSA) is 62.3 Å². The molecule has 100 valence electrons. The lowest BCUT2D eigenvalue weighted by Crippen LogP contribution is -2.30. The SMILES string of the molecule is COCCN(CCC(=N)N)Cc1cccc(C)c1. The number of benzene rings is 1. The predicted molar refractivity (Wildman–Crippen MR) is 74.9 cm³/mol. The molecule has 1 aromatic carbocycles. The van der Waals surface area contributed by atoms with Gasteiger partial charge in [0, 0.05) is 33.2 Å². The van der Waals surface area contributed by atoms with Gasteiger partial charge in [-0.25, -0.2) is 0 Å². The predicted octanol–water partition coefficient (Wildman–Crippen LogP) is 1.77. The van der Waals surface area contributed by atoms with Crippen molar-refractivity contribution in [2.45, 2.75) is 19.9 Å². The van der Waals surface area contributed by atoms with E-state index in [0.717, 1.165) is 19.6 Å². The number of rotatable bonds is 8. The van der Waals surface area contributed by atoms with E-state index < -0.39 is 0 Å². The van der Waals surface area contributed by atoms with Crippen molar-refractivity contribution in [1.29, 1.82) is 5.41 Å². The second-order valence-corrected chi connectivity index (χ2v) is 4.53. The number of nitrogens with two attached hydrogens (primary N) is 1. The Balaban J connectivity index is 2.56. The zero-order valence-electron chi connectivity index (χ0n) is 11.3. The van der Waals surface area contributed by atoms with Crippen LogP contribution in [0.5, 0.6) is 0 Å². The zero-order chi connectivity index (χ0) is 13.4. The summed E-state index contributed by atoms with van der Waals surface area (Å²) in [6.07, 6.45) is 0.607. The third-order valence-corrected chi connectivity index (χ3v) is 2.80. The third-order valence-electron chi connectivity index (χ3n) is 2.80. The molecule has 4 heteroatoms. The molecule has 1 aromatic rings. The highest BCUT2D eigenvalue weighted by Gasteiger charge is 2.06. The van der Waals surface area contributed by atoms with Crippen molar-refractivity contribution >= 4 is 5.84 Å². The molecule has 0 heterocycles. The standard InChI is InChI=1S/C14H23N3O/c1-12-4-3-5-13(10-12)11-17(8-9-18-2)7-6-14(15)16/h3-5,10H,6-9,11H2,1-2H3,(H3,15,16). The lowest BCUT2D eigenvalue weighted by atomic mass is 10.1. The molecule has 3 N–H and O–H groups in total. The lowest BCUT2D eigenvalue weighted by Gasteiger charge is -2.22. The molecule has 0 unspecified atom stereocenters. The van der Waals surface area contributed by atoms with Crippen molar-refractivity contribution in [3.05, 3.63) is 35.4 Å². The highest BCUT2D eigenvalue weighted by atomic mass is 16.5. The minimum Gasteiger partial charge on any atom is -0.388 e. The van der Waals surface area contributed by atoms with Crippen molar-refractivity contribution < 1.29 is 4.74 Å². The summed E-state index contributed by atoms with van der Waals surface area (Å²) in [5.41, 5.74) is 7.97. The van der Waals surface area contributed by atoms with Gasteiger partial charge in [0.05, 0.1) is 12.4 Å². The summed E-state index contributed by atoms with van der Waals surface area (Å²) in [4.78, 5) is 2.26. The van der Waals surface area contributed by atoms with E-state index in [-0.39, 0.29) is 5.84 Å². The van der Waals surface area contributed by atoms with Crippen LogP contribution in [0.1, 0.15) is 17.5 Å². The normalized spacial score (nSPS) is 10.8. The summed E-state index contributed by atoms with van der Waals surface area (Å²) in [5, 5.41) is 7.30. The van der Waals surface area contributed by atoms with Gasteiger partial charge in [-0.15, -0.1) is 0 Å². The van der Waals surface area contributed by atoms with Crippen LogP contribution in [0.3, 0.4) is 0 Å². The summed E-state index contributed by atoms with van der Waals surface area (Å²) < 4.78 is 5.11. The molecule has 0 saturated carbocycles. The molecule has 0 bridgehead atoms. The zero-order valence-corrected chi connectivity index (χ0v) is 11.3. The fraction of sp³-hybridized carbons (Fsp3) is 0.500. The monoisotopic (exact) mass is 249 g/mol. The Labute approximate surface area is 109 Å². The quantitative estimate of drug-likeness (QED) is 0.545. The van der Waals surface area contributed by atoms with E-state index in [2.05, 4.69) is 36.1 Å². The van der Waals surface area contributed by atoms with E-state index in [0.29, 0.717) is 13.0 Å². The Morgan fingerprint density at radius 1 is 1.39 bits per heavy atom. The molecule has 1 rings (SSSR count). The summed E-state index contributed by atoms with van der Waals surface area (Å²) >= 11 is 0. The minimum atomic E-state index is 0.238. The van der Waals surface area contributed by atoms with Crippen LogP contribution in [0.4, 0.5) is 0 Å². The smallest absolute Gasteiger partial charge is 0.0918 e. The number of ether oxygens (including phenoxy) is 1. The van der Waals surface area contributed by atoms with Crippen molar-refractivity contribution in [2.75, 3.05) is 26.8 Å². The third kappa shape index (κ3) is 5.80. The van der Waals surface area contributed by atoms with Crippen LogP contribution in [0.25, 0.3) is 0 Å². The Morgan fingerprint density at radius 2 is 2.17 bits per heavy atom. The second-order valence-electron chi connectivity index (χ2n) is 4.53. The summed E-state index contributed by atoms with van der Waals surface area (Å²) in [7, 11) is 1.70. The van der Waals surface area contributed by atoms with E-state index in [9.17, 15) is 0 Å². The Bertz CT molecular complexity index is 379. The molecule has 0 aliphatic carbocycles. The van der Waals surface area contributed by atoms with Crippen molar-refractivity contribution in [3.63, 3.8) is 0 Å². The van der Waals surface area contributed by atoms with Gasteiger partial charge in [-0.3, -0.25) is 10.3 Å². The molecule has 0 saturated heterocycles. The Morgan fingerprint density at radius 3 is 2.78 bits per heavy atom. The molecule has 0 spiro atoms. The molecular weight excluding hydrogens is 226 g/mol. The first-order chi connectivity index (χ1) is 8.61. The van der Waals surface area contributed by atoms with Crippen LogP contribution in [0.2, 0.25) is 0 Å². The Hall–Kier alpha value is -1.39. The number of amidine groups is 1. The highest BCUT2D eigenvalue weighted by molar-refractivity contribution is 5.76. The summed E-state index contributed by atoms with van der Waals surface area (Å²) in [5.74, 6) is 0.238. The number of nitrogens with zero attached hydrogens (tertiary/aromatic N) is 1. The van der Waals surface area contributed by atoms with Crippen LogP contribution in [0.15, 0.2) is 24.3 Å².